The minimum Gasteiger partial charge on any atom is -0.445 e. The number of rotatable bonds is 3. The third-order valence-electron chi connectivity index (χ3n) is 4.45. The van der Waals surface area contributed by atoms with E-state index in [4.69, 9.17) is 10.00 Å². The molecule has 0 aliphatic carbocycles. The second-order valence-corrected chi connectivity index (χ2v) is 6.38. The zero-order valence-corrected chi connectivity index (χ0v) is 14.1. The van der Waals surface area contributed by atoms with Crippen molar-refractivity contribution in [1.82, 2.24) is 5.32 Å². The van der Waals surface area contributed by atoms with Gasteiger partial charge in [-0.3, -0.25) is 4.79 Å². The Labute approximate surface area is 146 Å². The summed E-state index contributed by atoms with van der Waals surface area (Å²) < 4.78 is 5.44. The van der Waals surface area contributed by atoms with Gasteiger partial charge in [0.2, 0.25) is 0 Å². The van der Waals surface area contributed by atoms with Crippen LogP contribution in [0.1, 0.15) is 46.9 Å². The first-order valence-corrected chi connectivity index (χ1v) is 8.05. The van der Waals surface area contributed by atoms with Crippen molar-refractivity contribution < 1.29 is 14.3 Å². The molecule has 5 heteroatoms. The van der Waals surface area contributed by atoms with Gasteiger partial charge in [0, 0.05) is 6.42 Å². The molecule has 1 amide bonds. The van der Waals surface area contributed by atoms with Crippen molar-refractivity contribution in [3.63, 3.8) is 0 Å². The van der Waals surface area contributed by atoms with Gasteiger partial charge in [0.05, 0.1) is 23.2 Å². The Hall–Kier alpha value is -3.13. The van der Waals surface area contributed by atoms with Gasteiger partial charge in [0.25, 0.3) is 5.91 Å². The Morgan fingerprint density at radius 2 is 1.92 bits per heavy atom. The number of cyclic esters (lactones) is 1. The molecule has 0 radical (unpaired) electrons. The standard InChI is InChI=1S/C20H18N2O3/c1-13(15-9-7-14(12-21)8-10-15)22-19(24)20(2)11-16-5-3-4-6-17(16)18(23)25-20/h3-10,13H,11H2,1-2H3,(H,22,24). The topological polar surface area (TPSA) is 79.2 Å². The smallest absolute Gasteiger partial charge is 0.339 e. The Bertz CT molecular complexity index is 867. The molecule has 1 aliphatic heterocycles. The van der Waals surface area contributed by atoms with Crippen LogP contribution in [-0.2, 0) is 16.0 Å². The zero-order valence-electron chi connectivity index (χ0n) is 14.1. The number of carbonyl (C=O) groups is 2. The molecule has 0 bridgehead atoms. The van der Waals surface area contributed by atoms with Crippen molar-refractivity contribution in [2.75, 3.05) is 0 Å². The van der Waals surface area contributed by atoms with Gasteiger partial charge in [-0.15, -0.1) is 0 Å². The third kappa shape index (κ3) is 3.24. The van der Waals surface area contributed by atoms with Crippen molar-refractivity contribution in [1.29, 1.82) is 5.26 Å². The van der Waals surface area contributed by atoms with Crippen LogP contribution in [0, 0.1) is 11.3 Å². The lowest BCUT2D eigenvalue weighted by Gasteiger charge is -2.34. The predicted octanol–water partition coefficient (Wildman–Crippen LogP) is 2.91. The molecule has 1 N–H and O–H groups in total. The molecule has 0 saturated heterocycles. The van der Waals surface area contributed by atoms with Gasteiger partial charge in [-0.1, -0.05) is 30.3 Å². The number of carbonyl (C=O) groups excluding carboxylic acids is 2. The highest BCUT2D eigenvalue weighted by Gasteiger charge is 2.42. The Morgan fingerprint density at radius 3 is 2.60 bits per heavy atom. The molecule has 25 heavy (non-hydrogen) atoms. The molecule has 2 aromatic carbocycles. The number of amides is 1. The molecule has 0 saturated carbocycles. The van der Waals surface area contributed by atoms with E-state index < -0.39 is 11.6 Å². The second kappa shape index (κ2) is 6.40. The van der Waals surface area contributed by atoms with Crippen LogP contribution in [-0.4, -0.2) is 17.5 Å². The van der Waals surface area contributed by atoms with Crippen molar-refractivity contribution in [3.05, 3.63) is 70.8 Å². The molecule has 1 aliphatic rings. The Morgan fingerprint density at radius 1 is 1.24 bits per heavy atom. The van der Waals surface area contributed by atoms with E-state index >= 15 is 0 Å². The van der Waals surface area contributed by atoms with E-state index in [1.54, 1.807) is 43.3 Å². The van der Waals surface area contributed by atoms with E-state index in [1.165, 1.54) is 0 Å². The molecule has 0 spiro atoms. The van der Waals surface area contributed by atoms with Crippen molar-refractivity contribution in [2.24, 2.45) is 0 Å². The maximum absolute atomic E-state index is 12.7. The van der Waals surface area contributed by atoms with E-state index in [2.05, 4.69) is 11.4 Å². The summed E-state index contributed by atoms with van der Waals surface area (Å²) in [7, 11) is 0. The quantitative estimate of drug-likeness (QED) is 0.875. The summed E-state index contributed by atoms with van der Waals surface area (Å²) in [5, 5.41) is 11.7. The number of fused-ring (bicyclic) bond motifs is 1. The summed E-state index contributed by atoms with van der Waals surface area (Å²) >= 11 is 0. The van der Waals surface area contributed by atoms with Crippen LogP contribution in [0.15, 0.2) is 48.5 Å². The zero-order chi connectivity index (χ0) is 18.0. The van der Waals surface area contributed by atoms with E-state index in [0.29, 0.717) is 17.5 Å². The highest BCUT2D eigenvalue weighted by molar-refractivity contribution is 5.97. The monoisotopic (exact) mass is 334 g/mol. The number of ether oxygens (including phenoxy) is 1. The summed E-state index contributed by atoms with van der Waals surface area (Å²) in [6.07, 6.45) is 0.334. The average Bonchev–Trinajstić information content (AvgIpc) is 2.61. The lowest BCUT2D eigenvalue weighted by Crippen LogP contribution is -2.52. The fourth-order valence-corrected chi connectivity index (χ4v) is 2.94. The van der Waals surface area contributed by atoms with Gasteiger partial charge >= 0.3 is 5.97 Å². The van der Waals surface area contributed by atoms with E-state index in [-0.39, 0.29) is 11.9 Å². The van der Waals surface area contributed by atoms with E-state index in [0.717, 1.165) is 11.1 Å². The summed E-state index contributed by atoms with van der Waals surface area (Å²) in [5.74, 6) is -0.822. The number of nitrogens with one attached hydrogen (secondary N) is 1. The first-order chi connectivity index (χ1) is 11.9. The first-order valence-electron chi connectivity index (χ1n) is 8.05. The minimum absolute atomic E-state index is 0.270. The maximum atomic E-state index is 12.7. The lowest BCUT2D eigenvalue weighted by atomic mass is 9.89. The molecule has 2 unspecified atom stereocenters. The second-order valence-electron chi connectivity index (χ2n) is 6.38. The maximum Gasteiger partial charge on any atom is 0.339 e. The highest BCUT2D eigenvalue weighted by Crippen LogP contribution is 2.29. The molecule has 0 aromatic heterocycles. The molecule has 3 rings (SSSR count). The summed E-state index contributed by atoms with van der Waals surface area (Å²) in [6.45, 7) is 3.48. The molecule has 126 valence electrons. The summed E-state index contributed by atoms with van der Waals surface area (Å²) in [6, 6.07) is 16.0. The number of hydrogen-bond donors (Lipinski definition) is 1. The molecule has 1 heterocycles. The minimum atomic E-state index is -1.24. The van der Waals surface area contributed by atoms with Crippen LogP contribution in [0.3, 0.4) is 0 Å². The van der Waals surface area contributed by atoms with Crippen molar-refractivity contribution in [2.45, 2.75) is 31.9 Å². The van der Waals surface area contributed by atoms with Gasteiger partial charge in [-0.25, -0.2) is 4.79 Å². The fourth-order valence-electron chi connectivity index (χ4n) is 2.94. The Balaban J connectivity index is 1.76. The number of esters is 1. The molecule has 2 aromatic rings. The van der Waals surface area contributed by atoms with E-state index in [9.17, 15) is 9.59 Å². The van der Waals surface area contributed by atoms with Gasteiger partial charge in [0.1, 0.15) is 0 Å². The van der Waals surface area contributed by atoms with Crippen LogP contribution in [0.25, 0.3) is 0 Å². The van der Waals surface area contributed by atoms with Crippen LogP contribution in [0.2, 0.25) is 0 Å². The van der Waals surface area contributed by atoms with E-state index in [1.807, 2.05) is 19.1 Å². The molecular weight excluding hydrogens is 316 g/mol. The molecule has 0 fully saturated rings. The number of nitriles is 1. The summed E-state index contributed by atoms with van der Waals surface area (Å²) in [5.41, 5.74) is 1.51. The van der Waals surface area contributed by atoms with Crippen LogP contribution >= 0.6 is 0 Å². The number of nitrogens with zero attached hydrogens (tertiary/aromatic N) is 1. The molecule has 2 atom stereocenters. The fraction of sp³-hybridized carbons (Fsp3) is 0.250. The SMILES string of the molecule is CC(NC(=O)C1(C)Cc2ccccc2C(=O)O1)c1ccc(C#N)cc1. The largest absolute Gasteiger partial charge is 0.445 e. The van der Waals surface area contributed by atoms with Crippen LogP contribution in [0.5, 0.6) is 0 Å². The van der Waals surface area contributed by atoms with Crippen LogP contribution < -0.4 is 5.32 Å². The normalized spacial score (nSPS) is 20.0. The molecule has 5 nitrogen and oxygen atoms in total. The summed E-state index contributed by atoms with van der Waals surface area (Å²) in [4.78, 5) is 24.9. The van der Waals surface area contributed by atoms with Crippen molar-refractivity contribution >= 4 is 11.9 Å². The Kier molecular flexibility index (Phi) is 4.28. The van der Waals surface area contributed by atoms with Gasteiger partial charge < -0.3 is 10.1 Å². The van der Waals surface area contributed by atoms with Crippen molar-refractivity contribution in [3.8, 4) is 6.07 Å². The third-order valence-corrected chi connectivity index (χ3v) is 4.45. The number of benzene rings is 2. The van der Waals surface area contributed by atoms with Crippen LogP contribution in [0.4, 0.5) is 0 Å². The highest BCUT2D eigenvalue weighted by atomic mass is 16.6. The number of hydrogen-bond acceptors (Lipinski definition) is 4. The molecular formula is C20H18N2O3. The first kappa shape index (κ1) is 16.7. The average molecular weight is 334 g/mol. The lowest BCUT2D eigenvalue weighted by molar-refractivity contribution is -0.140. The van der Waals surface area contributed by atoms with Gasteiger partial charge in [-0.05, 0) is 43.2 Å². The predicted molar refractivity (Wildman–Crippen MR) is 91.7 cm³/mol. The van der Waals surface area contributed by atoms with Gasteiger partial charge in [-0.2, -0.15) is 5.26 Å². The van der Waals surface area contributed by atoms with Gasteiger partial charge in [0.15, 0.2) is 5.60 Å².